The van der Waals surface area contributed by atoms with Crippen molar-refractivity contribution in [3.63, 3.8) is 0 Å². The number of nitrogens with one attached hydrogen (secondary N) is 2. The van der Waals surface area contributed by atoms with E-state index in [4.69, 9.17) is 9.52 Å². The molecule has 3 aromatic carbocycles. The lowest BCUT2D eigenvalue weighted by Gasteiger charge is -2.32. The molecule has 11 nitrogen and oxygen atoms in total. The molecule has 5 heterocycles. The van der Waals surface area contributed by atoms with Gasteiger partial charge in [-0.15, -0.1) is 0 Å². The molecule has 56 heavy (non-hydrogen) atoms. The van der Waals surface area contributed by atoms with Gasteiger partial charge >= 0.3 is 5.97 Å². The molecular formula is C45H39N5O6. The number of aliphatic carboxylic acids is 1. The van der Waals surface area contributed by atoms with Crippen molar-refractivity contribution in [1.82, 2.24) is 15.1 Å². The second-order valence-electron chi connectivity index (χ2n) is 14.6. The fourth-order valence-corrected chi connectivity index (χ4v) is 7.85. The number of Topliss-reactive ketones (excluding diaryl/α,β-unsaturated/α-hetero) is 2. The Morgan fingerprint density at radius 1 is 0.946 bits per heavy atom. The number of aromatic nitrogens is 3. The van der Waals surface area contributed by atoms with Crippen molar-refractivity contribution < 1.29 is 28.8 Å². The summed E-state index contributed by atoms with van der Waals surface area (Å²) in [6.45, 7) is 4.27. The maximum atomic E-state index is 14.2. The third kappa shape index (κ3) is 6.61. The van der Waals surface area contributed by atoms with Crippen molar-refractivity contribution in [3.05, 3.63) is 166 Å². The molecule has 6 aromatic rings. The number of para-hydroxylation sites is 1. The Bertz CT molecular complexity index is 2530. The lowest BCUT2D eigenvalue weighted by atomic mass is 9.69. The van der Waals surface area contributed by atoms with Crippen LogP contribution in [0.3, 0.4) is 0 Å². The molecule has 0 bridgehead atoms. The van der Waals surface area contributed by atoms with Gasteiger partial charge in [-0.2, -0.15) is 0 Å². The zero-order valence-corrected chi connectivity index (χ0v) is 30.9. The van der Waals surface area contributed by atoms with Gasteiger partial charge in [0.1, 0.15) is 16.7 Å². The van der Waals surface area contributed by atoms with Crippen LogP contribution in [0.5, 0.6) is 0 Å². The summed E-state index contributed by atoms with van der Waals surface area (Å²) >= 11 is 0. The Balaban J connectivity index is 0.973. The van der Waals surface area contributed by atoms with Crippen LogP contribution in [0.15, 0.2) is 131 Å². The zero-order valence-electron chi connectivity index (χ0n) is 30.9. The molecule has 3 aromatic heterocycles. The van der Waals surface area contributed by atoms with E-state index in [1.165, 1.54) is 5.56 Å². The number of amides is 1. The largest absolute Gasteiger partial charge is 0.481 e. The molecule has 0 spiro atoms. The van der Waals surface area contributed by atoms with Gasteiger partial charge in [-0.25, -0.2) is 0 Å². The predicted octanol–water partition coefficient (Wildman–Crippen LogP) is 7.58. The molecule has 2 unspecified atom stereocenters. The molecule has 0 aliphatic carbocycles. The Labute approximate surface area is 322 Å². The van der Waals surface area contributed by atoms with E-state index in [1.807, 2.05) is 90.7 Å². The number of hydrogen-bond acceptors (Lipinski definition) is 7. The molecular weight excluding hydrogens is 707 g/mol. The number of allylic oxidation sites excluding steroid dienone is 1. The smallest absolute Gasteiger partial charge is 0.303 e. The van der Waals surface area contributed by atoms with Crippen LogP contribution in [0.1, 0.15) is 74.3 Å². The lowest BCUT2D eigenvalue weighted by Crippen LogP contribution is -2.38. The summed E-state index contributed by atoms with van der Waals surface area (Å²) in [6.07, 6.45) is 7.64. The third-order valence-electron chi connectivity index (χ3n) is 10.9. The number of aromatic amines is 2. The quantitative estimate of drug-likeness (QED) is 0.103. The highest BCUT2D eigenvalue weighted by atomic mass is 16.5. The number of rotatable bonds is 13. The monoisotopic (exact) mass is 745 g/mol. The molecule has 0 fully saturated rings. The van der Waals surface area contributed by atoms with Gasteiger partial charge in [0.15, 0.2) is 11.5 Å². The average Bonchev–Trinajstić information content (AvgIpc) is 4.06. The van der Waals surface area contributed by atoms with E-state index in [9.17, 15) is 24.3 Å². The number of aliphatic imine (C=N–C) groups is 1. The number of fused-ring (bicyclic) bond motifs is 1. The SMILES string of the molecule is Cc1cc(C(=O)C(CCC(=O)O)(c2ccc(C3(C)C=C(C(=O)Cc4ccc(-c5cc(C(=O)N6CCc7ccccc76)c[nH]5)cc4)C=N3)cc2)c2ccc[nH]2)no1. The summed E-state index contributed by atoms with van der Waals surface area (Å²) in [5, 5.41) is 13.6. The van der Waals surface area contributed by atoms with Crippen LogP contribution in [-0.4, -0.2) is 56.4 Å². The number of carboxylic acids is 1. The summed E-state index contributed by atoms with van der Waals surface area (Å²) in [4.78, 5) is 65.8. The predicted molar refractivity (Wildman–Crippen MR) is 211 cm³/mol. The van der Waals surface area contributed by atoms with Crippen LogP contribution in [0, 0.1) is 6.92 Å². The summed E-state index contributed by atoms with van der Waals surface area (Å²) in [6, 6.07) is 30.0. The van der Waals surface area contributed by atoms with Crippen molar-refractivity contribution in [2.45, 2.75) is 50.5 Å². The fraction of sp³-hybridized carbons (Fsp3) is 0.200. The van der Waals surface area contributed by atoms with Gasteiger partial charge in [0.25, 0.3) is 5.91 Å². The van der Waals surface area contributed by atoms with Crippen molar-refractivity contribution >= 4 is 35.3 Å². The summed E-state index contributed by atoms with van der Waals surface area (Å²) in [7, 11) is 0. The summed E-state index contributed by atoms with van der Waals surface area (Å²) < 4.78 is 5.22. The highest BCUT2D eigenvalue weighted by molar-refractivity contribution is 6.15. The van der Waals surface area contributed by atoms with Crippen LogP contribution < -0.4 is 4.90 Å². The topological polar surface area (TPSA) is 162 Å². The molecule has 11 heteroatoms. The Morgan fingerprint density at radius 2 is 1.73 bits per heavy atom. The number of aryl methyl sites for hydroxylation is 1. The Hall–Kier alpha value is -6.88. The van der Waals surface area contributed by atoms with E-state index in [1.54, 1.807) is 43.7 Å². The van der Waals surface area contributed by atoms with Crippen LogP contribution in [-0.2, 0) is 33.4 Å². The van der Waals surface area contributed by atoms with Crippen molar-refractivity contribution in [2.24, 2.45) is 4.99 Å². The van der Waals surface area contributed by atoms with Crippen LogP contribution in [0.2, 0.25) is 0 Å². The highest BCUT2D eigenvalue weighted by Crippen LogP contribution is 2.41. The van der Waals surface area contributed by atoms with E-state index in [0.29, 0.717) is 34.7 Å². The number of nitrogens with zero attached hydrogens (tertiary/aromatic N) is 3. The number of H-pyrrole nitrogens is 2. The summed E-state index contributed by atoms with van der Waals surface area (Å²) in [5.41, 5.74) is 5.61. The molecule has 2 aliphatic heterocycles. The minimum Gasteiger partial charge on any atom is -0.481 e. The third-order valence-corrected chi connectivity index (χ3v) is 10.9. The average molecular weight is 746 g/mol. The molecule has 280 valence electrons. The first-order valence-electron chi connectivity index (χ1n) is 18.5. The number of ketones is 2. The molecule has 8 rings (SSSR count). The van der Waals surface area contributed by atoms with Gasteiger partial charge in [-0.3, -0.25) is 24.2 Å². The van der Waals surface area contributed by atoms with E-state index in [0.717, 1.165) is 34.5 Å². The van der Waals surface area contributed by atoms with Crippen LogP contribution in [0.4, 0.5) is 5.69 Å². The van der Waals surface area contributed by atoms with Crippen LogP contribution >= 0.6 is 0 Å². The number of carbonyl (C=O) groups is 4. The Morgan fingerprint density at radius 3 is 2.45 bits per heavy atom. The van der Waals surface area contributed by atoms with Crippen molar-refractivity contribution in [2.75, 3.05) is 11.4 Å². The maximum Gasteiger partial charge on any atom is 0.303 e. The van der Waals surface area contributed by atoms with E-state index >= 15 is 0 Å². The minimum atomic E-state index is -1.38. The Kier molecular flexibility index (Phi) is 9.29. The molecule has 2 aliphatic rings. The van der Waals surface area contributed by atoms with Crippen molar-refractivity contribution in [1.29, 1.82) is 0 Å². The first-order valence-corrected chi connectivity index (χ1v) is 18.5. The van der Waals surface area contributed by atoms with Gasteiger partial charge in [-0.1, -0.05) is 71.9 Å². The standard InChI is InChI=1S/C45H39N5O6/c1-28-22-37(49-56-28)42(54)45(19-17-41(52)53,40-8-5-20-46-40)35-15-13-34(14-16-35)44(2)25-33(27-48-44)39(51)23-29-9-11-30(12-10-29)36-24-32(26-47-36)43(55)50-21-18-31-6-3-4-7-38(31)50/h3-16,20,22,24-27,46-47H,17-19,21,23H2,1-2H3,(H,52,53). The highest BCUT2D eigenvalue weighted by Gasteiger charge is 2.45. The molecule has 0 saturated carbocycles. The van der Waals surface area contributed by atoms with E-state index < -0.39 is 16.9 Å². The second kappa shape index (κ2) is 14.4. The number of carbonyl (C=O) groups excluding carboxylic acids is 3. The molecule has 1 amide bonds. The number of anilines is 1. The number of hydrogen-bond donors (Lipinski definition) is 3. The van der Waals surface area contributed by atoms with Gasteiger partial charge in [-0.05, 0) is 84.8 Å². The molecule has 0 saturated heterocycles. The lowest BCUT2D eigenvalue weighted by molar-refractivity contribution is -0.137. The number of benzene rings is 3. The van der Waals surface area contributed by atoms with Gasteiger partial charge in [0, 0.05) is 66.7 Å². The normalized spacial score (nSPS) is 17.0. The van der Waals surface area contributed by atoms with Gasteiger partial charge in [0.2, 0.25) is 5.78 Å². The zero-order chi connectivity index (χ0) is 39.0. The summed E-state index contributed by atoms with van der Waals surface area (Å²) in [5.74, 6) is -1.06. The maximum absolute atomic E-state index is 14.2. The van der Waals surface area contributed by atoms with Crippen molar-refractivity contribution in [3.8, 4) is 11.3 Å². The van der Waals surface area contributed by atoms with E-state index in [2.05, 4.69) is 21.2 Å². The first kappa shape index (κ1) is 36.1. The molecule has 0 radical (unpaired) electrons. The fourth-order valence-electron chi connectivity index (χ4n) is 7.85. The molecule has 2 atom stereocenters. The van der Waals surface area contributed by atoms with Gasteiger partial charge < -0.3 is 24.5 Å². The minimum absolute atomic E-state index is 0.0121. The number of carboxylic acid groups (broad SMARTS) is 1. The molecule has 3 N–H and O–H groups in total. The van der Waals surface area contributed by atoms with E-state index in [-0.39, 0.29) is 42.4 Å². The van der Waals surface area contributed by atoms with Gasteiger partial charge in [0.05, 0.1) is 5.56 Å². The van der Waals surface area contributed by atoms with Crippen LogP contribution in [0.25, 0.3) is 11.3 Å². The second-order valence-corrected chi connectivity index (χ2v) is 14.6. The first-order chi connectivity index (χ1) is 27.0.